The van der Waals surface area contributed by atoms with Crippen LogP contribution in [-0.4, -0.2) is 36.2 Å². The van der Waals surface area contributed by atoms with Crippen LogP contribution in [0.3, 0.4) is 0 Å². The van der Waals surface area contributed by atoms with Crippen molar-refractivity contribution in [3.63, 3.8) is 0 Å². The van der Waals surface area contributed by atoms with Crippen molar-refractivity contribution < 1.29 is 9.59 Å². The molecule has 1 aromatic heterocycles. The third-order valence-electron chi connectivity index (χ3n) is 3.00. The number of thiophene rings is 1. The minimum absolute atomic E-state index is 0.0757. The van der Waals surface area contributed by atoms with Gasteiger partial charge in [0.1, 0.15) is 4.34 Å². The van der Waals surface area contributed by atoms with E-state index in [1.165, 1.54) is 11.3 Å². The second-order valence-electron chi connectivity index (χ2n) is 4.28. The lowest BCUT2D eigenvalue weighted by molar-refractivity contribution is -0.121. The average molecular weight is 307 g/mol. The van der Waals surface area contributed by atoms with Crippen LogP contribution in [0.4, 0.5) is 0 Å². The molecule has 1 saturated heterocycles. The van der Waals surface area contributed by atoms with Crippen molar-refractivity contribution >= 4 is 46.2 Å². The number of ketones is 1. The number of likely N-dealkylation sites (tertiary alicyclic amines) is 1. The number of nitrogens with two attached hydrogens (primary N) is 1. The Labute approximate surface area is 119 Å². The van der Waals surface area contributed by atoms with E-state index >= 15 is 0 Å². The molecule has 1 unspecified atom stereocenters. The van der Waals surface area contributed by atoms with Crippen LogP contribution < -0.4 is 5.73 Å². The molecule has 1 atom stereocenters. The van der Waals surface area contributed by atoms with Crippen molar-refractivity contribution in [3.05, 3.63) is 20.3 Å². The molecule has 18 heavy (non-hydrogen) atoms. The maximum Gasteiger partial charge on any atom is 0.221 e. The molecule has 1 aromatic rings. The molecule has 0 spiro atoms. The zero-order valence-corrected chi connectivity index (χ0v) is 11.8. The number of halogens is 2. The van der Waals surface area contributed by atoms with Crippen LogP contribution in [0.15, 0.2) is 6.07 Å². The topological polar surface area (TPSA) is 63.4 Å². The first-order valence-electron chi connectivity index (χ1n) is 5.47. The van der Waals surface area contributed by atoms with Crippen molar-refractivity contribution in [2.75, 3.05) is 19.6 Å². The van der Waals surface area contributed by atoms with Crippen molar-refractivity contribution in [1.29, 1.82) is 0 Å². The Morgan fingerprint density at radius 3 is 2.72 bits per heavy atom. The lowest BCUT2D eigenvalue weighted by atomic mass is 10.1. The molecule has 0 radical (unpaired) electrons. The highest BCUT2D eigenvalue weighted by Gasteiger charge is 2.28. The average Bonchev–Trinajstić information content (AvgIpc) is 2.85. The number of hydrogen-bond donors (Lipinski definition) is 1. The summed E-state index contributed by atoms with van der Waals surface area (Å²) in [5, 5.41) is 0. The van der Waals surface area contributed by atoms with E-state index in [2.05, 4.69) is 0 Å². The summed E-state index contributed by atoms with van der Waals surface area (Å²) in [6.07, 6.45) is 0.709. The summed E-state index contributed by atoms with van der Waals surface area (Å²) in [5.41, 5.74) is 5.69. The lowest BCUT2D eigenvalue weighted by Gasteiger charge is -2.13. The van der Waals surface area contributed by atoms with Gasteiger partial charge >= 0.3 is 0 Å². The Kier molecular flexibility index (Phi) is 4.27. The van der Waals surface area contributed by atoms with E-state index in [1.807, 2.05) is 4.90 Å². The molecule has 2 heterocycles. The molecule has 4 nitrogen and oxygen atoms in total. The van der Waals surface area contributed by atoms with Gasteiger partial charge in [-0.05, 0) is 19.0 Å². The van der Waals surface area contributed by atoms with Crippen LogP contribution >= 0.6 is 34.5 Å². The number of Topliss-reactive ketones (excluding diaryl/α,β-unsaturated/α-hetero) is 1. The van der Waals surface area contributed by atoms with Gasteiger partial charge in [0.05, 0.1) is 22.4 Å². The van der Waals surface area contributed by atoms with E-state index < -0.39 is 0 Å². The van der Waals surface area contributed by atoms with Crippen LogP contribution in [0.5, 0.6) is 0 Å². The van der Waals surface area contributed by atoms with Crippen LogP contribution in [0, 0.1) is 5.92 Å². The maximum absolute atomic E-state index is 12.0. The molecule has 1 aliphatic rings. The summed E-state index contributed by atoms with van der Waals surface area (Å²) >= 11 is 12.9. The second-order valence-corrected chi connectivity index (χ2v) is 6.57. The van der Waals surface area contributed by atoms with E-state index in [9.17, 15) is 9.59 Å². The van der Waals surface area contributed by atoms with Gasteiger partial charge in [0.25, 0.3) is 0 Å². The highest BCUT2D eigenvalue weighted by Crippen LogP contribution is 2.31. The van der Waals surface area contributed by atoms with Crippen molar-refractivity contribution in [2.45, 2.75) is 6.42 Å². The summed E-state index contributed by atoms with van der Waals surface area (Å²) in [6.45, 7) is 1.49. The standard InChI is InChI=1S/C11H12Cl2N2O2S/c12-9-3-7(10(13)18-9)8(16)5-15-2-1-6(4-15)11(14)17/h3,6H,1-2,4-5H2,(H2,14,17). The molecule has 0 bridgehead atoms. The maximum atomic E-state index is 12.0. The van der Waals surface area contributed by atoms with Crippen molar-refractivity contribution in [1.82, 2.24) is 4.90 Å². The van der Waals surface area contributed by atoms with E-state index in [-0.39, 0.29) is 24.2 Å². The number of amides is 1. The fourth-order valence-corrected chi connectivity index (χ4v) is 3.53. The predicted molar refractivity (Wildman–Crippen MR) is 72.4 cm³/mol. The van der Waals surface area contributed by atoms with Gasteiger partial charge in [-0.2, -0.15) is 0 Å². The zero-order valence-electron chi connectivity index (χ0n) is 9.49. The van der Waals surface area contributed by atoms with E-state index in [0.29, 0.717) is 33.7 Å². The molecule has 0 aliphatic carbocycles. The van der Waals surface area contributed by atoms with E-state index in [0.717, 1.165) is 0 Å². The third kappa shape index (κ3) is 3.03. The Balaban J connectivity index is 1.97. The Hall–Kier alpha value is -0.620. The van der Waals surface area contributed by atoms with E-state index in [1.54, 1.807) is 6.07 Å². The lowest BCUT2D eigenvalue weighted by Crippen LogP contribution is -2.30. The van der Waals surface area contributed by atoms with Gasteiger partial charge in [0.15, 0.2) is 5.78 Å². The zero-order chi connectivity index (χ0) is 13.3. The van der Waals surface area contributed by atoms with Gasteiger partial charge in [0.2, 0.25) is 5.91 Å². The van der Waals surface area contributed by atoms with Crippen LogP contribution in [-0.2, 0) is 4.79 Å². The van der Waals surface area contributed by atoms with E-state index in [4.69, 9.17) is 28.9 Å². The highest BCUT2D eigenvalue weighted by atomic mass is 35.5. The number of nitrogens with zero attached hydrogens (tertiary/aromatic N) is 1. The fraction of sp³-hybridized carbons (Fsp3) is 0.455. The van der Waals surface area contributed by atoms with Crippen LogP contribution in [0.2, 0.25) is 8.67 Å². The Bertz CT molecular complexity index is 489. The Morgan fingerprint density at radius 2 is 2.22 bits per heavy atom. The first kappa shape index (κ1) is 13.8. The molecule has 1 amide bonds. The molecular formula is C11H12Cl2N2O2S. The summed E-state index contributed by atoms with van der Waals surface area (Å²) < 4.78 is 0.912. The summed E-state index contributed by atoms with van der Waals surface area (Å²) in [5.74, 6) is -0.533. The van der Waals surface area contributed by atoms with Gasteiger partial charge in [-0.1, -0.05) is 23.2 Å². The van der Waals surface area contributed by atoms with Gasteiger partial charge in [-0.15, -0.1) is 11.3 Å². The minimum Gasteiger partial charge on any atom is -0.369 e. The smallest absolute Gasteiger partial charge is 0.221 e. The predicted octanol–water partition coefficient (Wildman–Crippen LogP) is 2.04. The highest BCUT2D eigenvalue weighted by molar-refractivity contribution is 7.20. The fourth-order valence-electron chi connectivity index (χ4n) is 2.03. The molecule has 98 valence electrons. The number of carbonyl (C=O) groups excluding carboxylic acids is 2. The van der Waals surface area contributed by atoms with Crippen molar-refractivity contribution in [2.24, 2.45) is 11.7 Å². The minimum atomic E-state index is -0.304. The molecular weight excluding hydrogens is 295 g/mol. The number of primary amides is 1. The van der Waals surface area contributed by atoms with Crippen LogP contribution in [0.25, 0.3) is 0 Å². The quantitative estimate of drug-likeness (QED) is 0.866. The summed E-state index contributed by atoms with van der Waals surface area (Å²) in [6, 6.07) is 1.58. The van der Waals surface area contributed by atoms with Crippen LogP contribution in [0.1, 0.15) is 16.8 Å². The first-order valence-corrected chi connectivity index (χ1v) is 7.04. The van der Waals surface area contributed by atoms with Gasteiger partial charge < -0.3 is 5.73 Å². The van der Waals surface area contributed by atoms with Gasteiger partial charge in [0, 0.05) is 6.54 Å². The van der Waals surface area contributed by atoms with Gasteiger partial charge in [-0.3, -0.25) is 14.5 Å². The molecule has 1 fully saturated rings. The van der Waals surface area contributed by atoms with Crippen molar-refractivity contribution in [3.8, 4) is 0 Å². The number of carbonyl (C=O) groups is 2. The monoisotopic (exact) mass is 306 g/mol. The molecule has 2 rings (SSSR count). The molecule has 1 aliphatic heterocycles. The number of hydrogen-bond acceptors (Lipinski definition) is 4. The molecule has 2 N–H and O–H groups in total. The summed E-state index contributed by atoms with van der Waals surface area (Å²) in [4.78, 5) is 25.0. The van der Waals surface area contributed by atoms with Gasteiger partial charge in [-0.25, -0.2) is 0 Å². The third-order valence-corrected chi connectivity index (χ3v) is 4.49. The molecule has 7 heteroatoms. The largest absolute Gasteiger partial charge is 0.369 e. The second kappa shape index (κ2) is 5.57. The Morgan fingerprint density at radius 1 is 1.50 bits per heavy atom. The first-order chi connectivity index (χ1) is 8.47. The molecule has 0 aromatic carbocycles. The number of rotatable bonds is 4. The molecule has 0 saturated carbocycles. The summed E-state index contributed by atoms with van der Waals surface area (Å²) in [7, 11) is 0. The SMILES string of the molecule is NC(=O)C1CCN(CC(=O)c2cc(Cl)sc2Cl)C1. The normalized spacial score (nSPS) is 20.2.